The summed E-state index contributed by atoms with van der Waals surface area (Å²) >= 11 is 0. The molecule has 2 rings (SSSR count). The van der Waals surface area contributed by atoms with Crippen LogP contribution in [0.3, 0.4) is 0 Å². The number of carbonyl (C=O) groups is 2. The molecule has 0 aromatic carbocycles. The summed E-state index contributed by atoms with van der Waals surface area (Å²) < 4.78 is 0. The number of carbonyl (C=O) groups excluding carboxylic acids is 2. The van der Waals surface area contributed by atoms with E-state index in [0.717, 1.165) is 25.7 Å². The van der Waals surface area contributed by atoms with Crippen molar-refractivity contribution in [3.8, 4) is 11.4 Å². The molecule has 0 unspecified atom stereocenters. The van der Waals surface area contributed by atoms with E-state index >= 15 is 0 Å². The van der Waals surface area contributed by atoms with Crippen LogP contribution in [0, 0.1) is 0 Å². The lowest BCUT2D eigenvalue weighted by Crippen LogP contribution is -2.24. The molecule has 0 fully saturated rings. The molecular weight excluding hydrogens is 617 g/mol. The summed E-state index contributed by atoms with van der Waals surface area (Å²) in [5.74, 6) is -0.184. The van der Waals surface area contributed by atoms with Crippen LogP contribution >= 0.6 is 0 Å². The third-order valence-electron chi connectivity index (χ3n) is 9.94. The largest absolute Gasteiger partial charge is 0.352 e. The summed E-state index contributed by atoms with van der Waals surface area (Å²) in [5.41, 5.74) is 2.32. The molecule has 6 nitrogen and oxygen atoms in total. The van der Waals surface area contributed by atoms with Gasteiger partial charge in [0.1, 0.15) is 0 Å². The molecule has 0 saturated heterocycles. The monoisotopic (exact) mass is 691 g/mol. The van der Waals surface area contributed by atoms with Gasteiger partial charge in [-0.05, 0) is 37.1 Å². The molecule has 0 spiro atoms. The van der Waals surface area contributed by atoms with Crippen molar-refractivity contribution in [2.75, 3.05) is 13.1 Å². The van der Waals surface area contributed by atoms with Crippen LogP contribution in [0.15, 0.2) is 36.7 Å². The van der Waals surface area contributed by atoms with Gasteiger partial charge in [-0.1, -0.05) is 181 Å². The predicted octanol–water partition coefficient (Wildman–Crippen LogP) is 12.6. The van der Waals surface area contributed by atoms with Gasteiger partial charge in [-0.25, -0.2) is 0 Å². The maximum Gasteiger partial charge on any atom is 0.251 e. The molecule has 0 atom stereocenters. The van der Waals surface area contributed by atoms with Gasteiger partial charge in [0.2, 0.25) is 0 Å². The van der Waals surface area contributed by atoms with Crippen LogP contribution in [0.1, 0.15) is 214 Å². The molecule has 0 aliphatic rings. The van der Waals surface area contributed by atoms with Crippen LogP contribution < -0.4 is 10.6 Å². The zero-order chi connectivity index (χ0) is 35.7. The van der Waals surface area contributed by atoms with Crippen LogP contribution in [-0.4, -0.2) is 34.9 Å². The average molecular weight is 691 g/mol. The van der Waals surface area contributed by atoms with Crippen LogP contribution in [0.2, 0.25) is 0 Å². The number of rotatable bonds is 33. The first-order chi connectivity index (χ1) is 24.7. The Balaban J connectivity index is 1.54. The number of hydrogen-bond acceptors (Lipinski definition) is 4. The average Bonchev–Trinajstić information content (AvgIpc) is 3.14. The first-order valence-corrected chi connectivity index (χ1v) is 21.1. The van der Waals surface area contributed by atoms with Gasteiger partial charge in [-0.3, -0.25) is 19.6 Å². The van der Waals surface area contributed by atoms with E-state index in [1.165, 1.54) is 154 Å². The number of aromatic nitrogens is 2. The molecule has 6 heteroatoms. The minimum Gasteiger partial charge on any atom is -0.352 e. The van der Waals surface area contributed by atoms with Crippen LogP contribution in [0.4, 0.5) is 0 Å². The summed E-state index contributed by atoms with van der Waals surface area (Å²) in [4.78, 5) is 34.5. The maximum absolute atomic E-state index is 12.8. The minimum atomic E-state index is -0.0922. The van der Waals surface area contributed by atoms with Crippen molar-refractivity contribution in [2.45, 2.75) is 194 Å². The lowest BCUT2D eigenvalue weighted by molar-refractivity contribution is 0.0944. The molecule has 282 valence electrons. The molecule has 2 heterocycles. The van der Waals surface area contributed by atoms with E-state index in [1.54, 1.807) is 36.7 Å². The number of nitrogens with one attached hydrogen (secondary N) is 2. The first-order valence-electron chi connectivity index (χ1n) is 21.1. The molecule has 2 N–H and O–H groups in total. The standard InChI is InChI=1S/C44H74N4O2/c1-3-5-7-9-11-13-15-17-19-21-23-25-27-29-33-47-43(49)39-31-35-45-41(37-39)42-38-40(32-36-46-42)44(50)48-34-30-28-26-24-22-20-18-16-14-12-10-8-6-4-2/h31-32,35-38H,3-30,33-34H2,1-2H3,(H,47,49)(H,48,50). The molecule has 0 saturated carbocycles. The fourth-order valence-electron chi connectivity index (χ4n) is 6.67. The van der Waals surface area contributed by atoms with Crippen LogP contribution in [-0.2, 0) is 0 Å². The van der Waals surface area contributed by atoms with Crippen LogP contribution in [0.5, 0.6) is 0 Å². The Morgan fingerprint density at radius 3 is 0.960 bits per heavy atom. The van der Waals surface area contributed by atoms with Crippen LogP contribution in [0.25, 0.3) is 11.4 Å². The Hall–Kier alpha value is -2.76. The molecule has 2 aromatic rings. The van der Waals surface area contributed by atoms with Crippen molar-refractivity contribution in [1.29, 1.82) is 0 Å². The van der Waals surface area contributed by atoms with Gasteiger partial charge in [0.25, 0.3) is 11.8 Å². The van der Waals surface area contributed by atoms with E-state index in [2.05, 4.69) is 34.4 Å². The van der Waals surface area contributed by atoms with Gasteiger partial charge in [-0.2, -0.15) is 0 Å². The van der Waals surface area contributed by atoms with Crippen molar-refractivity contribution >= 4 is 11.8 Å². The summed E-state index contributed by atoms with van der Waals surface area (Å²) in [7, 11) is 0. The van der Waals surface area contributed by atoms with E-state index in [4.69, 9.17) is 0 Å². The SMILES string of the molecule is CCCCCCCCCCCCCCCCNC(=O)c1ccnc(-c2cc(C(=O)NCCCCCCCCCCCCCCCC)ccn2)c1. The van der Waals surface area contributed by atoms with Crippen molar-refractivity contribution in [3.05, 3.63) is 47.8 Å². The number of unbranched alkanes of at least 4 members (excludes halogenated alkanes) is 26. The van der Waals surface area contributed by atoms with Gasteiger partial charge < -0.3 is 10.6 Å². The molecule has 2 aromatic heterocycles. The number of pyridine rings is 2. The van der Waals surface area contributed by atoms with E-state index < -0.39 is 0 Å². The Morgan fingerprint density at radius 2 is 0.680 bits per heavy atom. The van der Waals surface area contributed by atoms with Gasteiger partial charge in [0, 0.05) is 36.6 Å². The van der Waals surface area contributed by atoms with E-state index in [0.29, 0.717) is 35.6 Å². The van der Waals surface area contributed by atoms with Gasteiger partial charge in [0.15, 0.2) is 0 Å². The molecule has 0 aliphatic heterocycles. The highest BCUT2D eigenvalue weighted by Gasteiger charge is 2.11. The third-order valence-corrected chi connectivity index (χ3v) is 9.94. The van der Waals surface area contributed by atoms with Crippen molar-refractivity contribution < 1.29 is 9.59 Å². The molecular formula is C44H74N4O2. The smallest absolute Gasteiger partial charge is 0.251 e. The highest BCUT2D eigenvalue weighted by molar-refractivity contribution is 5.96. The number of nitrogens with zero attached hydrogens (tertiary/aromatic N) is 2. The quantitative estimate of drug-likeness (QED) is 0.0730. The van der Waals surface area contributed by atoms with E-state index in [1.807, 2.05) is 0 Å². The molecule has 0 bridgehead atoms. The fraction of sp³-hybridized carbons (Fsp3) is 0.727. The van der Waals surface area contributed by atoms with Crippen molar-refractivity contribution in [1.82, 2.24) is 20.6 Å². The Labute approximate surface area is 307 Å². The second kappa shape index (κ2) is 31.0. The minimum absolute atomic E-state index is 0.0922. The highest BCUT2D eigenvalue weighted by atomic mass is 16.2. The Kier molecular flexibility index (Phi) is 26.9. The lowest BCUT2D eigenvalue weighted by Gasteiger charge is -2.08. The second-order valence-electron chi connectivity index (χ2n) is 14.6. The number of amides is 2. The molecule has 0 radical (unpaired) electrons. The predicted molar refractivity (Wildman–Crippen MR) is 213 cm³/mol. The Morgan fingerprint density at radius 1 is 0.420 bits per heavy atom. The van der Waals surface area contributed by atoms with E-state index in [-0.39, 0.29) is 11.8 Å². The van der Waals surface area contributed by atoms with Gasteiger partial charge >= 0.3 is 0 Å². The van der Waals surface area contributed by atoms with Crippen molar-refractivity contribution in [3.63, 3.8) is 0 Å². The summed E-state index contributed by atoms with van der Waals surface area (Å²) in [6, 6.07) is 6.99. The summed E-state index contributed by atoms with van der Waals surface area (Å²) in [6.07, 6.45) is 40.3. The summed E-state index contributed by atoms with van der Waals surface area (Å²) in [6.45, 7) is 5.92. The normalized spacial score (nSPS) is 11.2. The van der Waals surface area contributed by atoms with Gasteiger partial charge in [-0.15, -0.1) is 0 Å². The highest BCUT2D eigenvalue weighted by Crippen LogP contribution is 2.18. The van der Waals surface area contributed by atoms with Gasteiger partial charge in [0.05, 0.1) is 11.4 Å². The second-order valence-corrected chi connectivity index (χ2v) is 14.6. The molecule has 2 amide bonds. The first kappa shape index (κ1) is 43.4. The zero-order valence-corrected chi connectivity index (χ0v) is 32.4. The Bertz CT molecular complexity index is 1030. The maximum atomic E-state index is 12.8. The molecule has 50 heavy (non-hydrogen) atoms. The molecule has 0 aliphatic carbocycles. The summed E-state index contributed by atoms with van der Waals surface area (Å²) in [5, 5.41) is 6.12. The fourth-order valence-corrected chi connectivity index (χ4v) is 6.67. The van der Waals surface area contributed by atoms with Crippen molar-refractivity contribution in [2.24, 2.45) is 0 Å². The zero-order valence-electron chi connectivity index (χ0n) is 32.4. The number of hydrogen-bond donors (Lipinski definition) is 2. The lowest BCUT2D eigenvalue weighted by atomic mass is 10.0. The topological polar surface area (TPSA) is 84.0 Å². The third kappa shape index (κ3) is 22.1. The van der Waals surface area contributed by atoms with E-state index in [9.17, 15) is 9.59 Å².